The Morgan fingerprint density at radius 2 is 1.92 bits per heavy atom. The lowest BCUT2D eigenvalue weighted by Crippen LogP contribution is -2.53. The molecule has 10 heteroatoms. The molecule has 0 aliphatic carbocycles. The first-order valence-corrected chi connectivity index (χ1v) is 6.87. The molecule has 1 unspecified atom stereocenters. The largest absolute Gasteiger partial charge is 0.478 e. The summed E-state index contributed by atoms with van der Waals surface area (Å²) in [7, 11) is 0. The molecule has 0 aliphatic rings. The predicted octanol–water partition coefficient (Wildman–Crippen LogP) is 2.30. The lowest BCUT2D eigenvalue weighted by Gasteiger charge is -2.32. The highest BCUT2D eigenvalue weighted by atomic mass is 19.4. The zero-order valence-electron chi connectivity index (χ0n) is 12.6. The van der Waals surface area contributed by atoms with Gasteiger partial charge in [-0.15, -0.1) is 0 Å². The van der Waals surface area contributed by atoms with Crippen LogP contribution >= 0.6 is 0 Å². The summed E-state index contributed by atoms with van der Waals surface area (Å²) in [5, 5.41) is 28.4. The third-order valence-electron chi connectivity index (χ3n) is 3.26. The van der Waals surface area contributed by atoms with E-state index in [9.17, 15) is 23.1 Å². The number of carboxylic acid groups (broad SMARTS) is 1. The van der Waals surface area contributed by atoms with Gasteiger partial charge in [0.25, 0.3) is 0 Å². The minimum absolute atomic E-state index is 0.126. The molecule has 2 rings (SSSR count). The number of alkyl halides is 3. The highest BCUT2D eigenvalue weighted by Gasteiger charge is 2.55. The van der Waals surface area contributed by atoms with Crippen LogP contribution in [0.2, 0.25) is 0 Å². The number of carbonyl (C=O) groups is 1. The van der Waals surface area contributed by atoms with Gasteiger partial charge in [0.05, 0.1) is 5.56 Å². The van der Waals surface area contributed by atoms with Crippen LogP contribution in [-0.2, 0) is 0 Å². The van der Waals surface area contributed by atoms with Crippen LogP contribution in [0.25, 0.3) is 0 Å². The van der Waals surface area contributed by atoms with E-state index >= 15 is 0 Å². The van der Waals surface area contributed by atoms with E-state index in [1.807, 2.05) is 5.32 Å². The third-order valence-corrected chi connectivity index (χ3v) is 3.26. The summed E-state index contributed by atoms with van der Waals surface area (Å²) in [5.74, 6) is -1.67. The molecular weight excluding hydrogens is 341 g/mol. The fourth-order valence-corrected chi connectivity index (χ4v) is 1.92. The zero-order chi connectivity index (χ0) is 18.7. The number of aliphatic hydroxyl groups is 1. The fourth-order valence-electron chi connectivity index (χ4n) is 1.92. The molecule has 0 amide bonds. The van der Waals surface area contributed by atoms with Gasteiger partial charge in [-0.25, -0.2) is 9.78 Å². The maximum atomic E-state index is 13.3. The number of hydrogen-bond acceptors (Lipinski definition) is 6. The maximum absolute atomic E-state index is 13.3. The first kappa shape index (κ1) is 18.3. The van der Waals surface area contributed by atoms with Crippen molar-refractivity contribution in [2.75, 3.05) is 5.32 Å². The number of rotatable bonds is 6. The maximum Gasteiger partial charge on any atom is 0.436 e. The smallest absolute Gasteiger partial charge is 0.436 e. The quantitative estimate of drug-likeness (QED) is 0.467. The van der Waals surface area contributed by atoms with E-state index in [-0.39, 0.29) is 16.9 Å². The highest BCUT2D eigenvalue weighted by Crippen LogP contribution is 2.34. The Hall–Kier alpha value is -3.01. The van der Waals surface area contributed by atoms with Crippen molar-refractivity contribution in [2.45, 2.75) is 18.3 Å². The van der Waals surface area contributed by atoms with Gasteiger partial charge in [0.2, 0.25) is 5.72 Å². The molecule has 0 saturated heterocycles. The summed E-state index contributed by atoms with van der Waals surface area (Å²) >= 11 is 0. The molecule has 0 aliphatic heterocycles. The van der Waals surface area contributed by atoms with Crippen LogP contribution in [0.1, 0.15) is 22.3 Å². The first-order chi connectivity index (χ1) is 11.6. The Balaban J connectivity index is 2.25. The van der Waals surface area contributed by atoms with Gasteiger partial charge in [-0.1, -0.05) is 6.07 Å². The molecule has 0 saturated carbocycles. The Bertz CT molecular complexity index is 766. The van der Waals surface area contributed by atoms with E-state index in [1.165, 1.54) is 24.5 Å². The lowest BCUT2D eigenvalue weighted by molar-refractivity contribution is -0.245. The SMILES string of the molecule is N=C(CC(O)(Nc1ccc(C(=O)O)cn1)C(F)(F)F)c1cccnc1. The van der Waals surface area contributed by atoms with Gasteiger partial charge in [-0.3, -0.25) is 4.98 Å². The van der Waals surface area contributed by atoms with Crippen molar-refractivity contribution in [1.29, 1.82) is 5.41 Å². The summed E-state index contributed by atoms with van der Waals surface area (Å²) in [6.07, 6.45) is -2.74. The fraction of sp³-hybridized carbons (Fsp3) is 0.200. The van der Waals surface area contributed by atoms with Crippen LogP contribution in [0, 0.1) is 5.41 Å². The lowest BCUT2D eigenvalue weighted by atomic mass is 10.0. The number of aromatic carboxylic acids is 1. The predicted molar refractivity (Wildman–Crippen MR) is 81.5 cm³/mol. The minimum Gasteiger partial charge on any atom is -0.478 e. The molecule has 0 bridgehead atoms. The van der Waals surface area contributed by atoms with Gasteiger partial charge >= 0.3 is 12.1 Å². The van der Waals surface area contributed by atoms with Crippen molar-refractivity contribution >= 4 is 17.5 Å². The van der Waals surface area contributed by atoms with Crippen molar-refractivity contribution in [3.05, 3.63) is 54.0 Å². The average Bonchev–Trinajstić information content (AvgIpc) is 2.55. The highest BCUT2D eigenvalue weighted by molar-refractivity contribution is 5.98. The van der Waals surface area contributed by atoms with Crippen molar-refractivity contribution < 1.29 is 28.2 Å². The molecule has 2 aromatic heterocycles. The molecule has 0 spiro atoms. The van der Waals surface area contributed by atoms with E-state index in [1.54, 1.807) is 0 Å². The number of nitrogens with zero attached hydrogens (tertiary/aromatic N) is 2. The average molecular weight is 354 g/mol. The van der Waals surface area contributed by atoms with Gasteiger partial charge in [0, 0.05) is 36.3 Å². The molecule has 132 valence electrons. The van der Waals surface area contributed by atoms with Crippen molar-refractivity contribution in [2.24, 2.45) is 0 Å². The van der Waals surface area contributed by atoms with Crippen LogP contribution in [-0.4, -0.2) is 43.8 Å². The Labute approximate surface area is 139 Å². The van der Waals surface area contributed by atoms with E-state index in [4.69, 9.17) is 10.5 Å². The molecule has 4 N–H and O–H groups in total. The molecule has 25 heavy (non-hydrogen) atoms. The Morgan fingerprint density at radius 1 is 1.20 bits per heavy atom. The zero-order valence-corrected chi connectivity index (χ0v) is 12.6. The van der Waals surface area contributed by atoms with Crippen LogP contribution in [0.3, 0.4) is 0 Å². The summed E-state index contributed by atoms with van der Waals surface area (Å²) in [6, 6.07) is 4.89. The summed E-state index contributed by atoms with van der Waals surface area (Å²) in [5.41, 5.74) is -4.04. The van der Waals surface area contributed by atoms with Gasteiger partial charge in [0.15, 0.2) is 0 Å². The van der Waals surface area contributed by atoms with Crippen molar-refractivity contribution in [3.63, 3.8) is 0 Å². The Kier molecular flexibility index (Phi) is 5.02. The second-order valence-corrected chi connectivity index (χ2v) is 5.12. The van der Waals surface area contributed by atoms with Crippen molar-refractivity contribution in [1.82, 2.24) is 9.97 Å². The minimum atomic E-state index is -5.12. The first-order valence-electron chi connectivity index (χ1n) is 6.87. The molecule has 1 atom stereocenters. The molecule has 0 aromatic carbocycles. The molecule has 7 nitrogen and oxygen atoms in total. The number of anilines is 1. The molecular formula is C15H13F3N4O3. The standard InChI is InChI=1S/C15H13F3N4O3/c16-15(17,18)14(25,6-11(19)9-2-1-5-20-7-9)22-12-4-3-10(8-21-12)13(23)24/h1-5,7-8,19,25H,6H2,(H,21,22)(H,23,24). The second-order valence-electron chi connectivity index (χ2n) is 5.12. The van der Waals surface area contributed by atoms with Gasteiger partial charge in [-0.05, 0) is 18.2 Å². The topological polar surface area (TPSA) is 119 Å². The van der Waals surface area contributed by atoms with Gasteiger partial charge in [-0.2, -0.15) is 13.2 Å². The van der Waals surface area contributed by atoms with E-state index in [0.29, 0.717) is 0 Å². The molecule has 2 heterocycles. The molecule has 2 aromatic rings. The van der Waals surface area contributed by atoms with Crippen LogP contribution in [0.4, 0.5) is 19.0 Å². The summed E-state index contributed by atoms with van der Waals surface area (Å²) in [4.78, 5) is 18.0. The van der Waals surface area contributed by atoms with E-state index in [0.717, 1.165) is 18.3 Å². The van der Waals surface area contributed by atoms with Crippen LogP contribution in [0.5, 0.6) is 0 Å². The molecule has 0 fully saturated rings. The number of nitrogens with one attached hydrogen (secondary N) is 2. The number of aromatic nitrogens is 2. The number of pyridine rings is 2. The third kappa shape index (κ3) is 4.29. The monoisotopic (exact) mass is 354 g/mol. The van der Waals surface area contributed by atoms with Crippen LogP contribution < -0.4 is 5.32 Å². The normalized spacial score (nSPS) is 13.8. The van der Waals surface area contributed by atoms with E-state index < -0.39 is 30.0 Å². The summed E-state index contributed by atoms with van der Waals surface area (Å²) in [6.45, 7) is 0. The second kappa shape index (κ2) is 6.85. The summed E-state index contributed by atoms with van der Waals surface area (Å²) < 4.78 is 40.0. The number of halogens is 3. The van der Waals surface area contributed by atoms with E-state index in [2.05, 4.69) is 9.97 Å². The number of hydrogen-bond donors (Lipinski definition) is 4. The molecule has 0 radical (unpaired) electrons. The Morgan fingerprint density at radius 3 is 2.40 bits per heavy atom. The number of carboxylic acids is 1. The van der Waals surface area contributed by atoms with Crippen LogP contribution in [0.15, 0.2) is 42.9 Å². The van der Waals surface area contributed by atoms with Gasteiger partial charge in [0.1, 0.15) is 5.82 Å². The van der Waals surface area contributed by atoms with Crippen molar-refractivity contribution in [3.8, 4) is 0 Å². The van der Waals surface area contributed by atoms with Gasteiger partial charge < -0.3 is 20.9 Å².